The van der Waals surface area contributed by atoms with Gasteiger partial charge in [-0.3, -0.25) is 19.4 Å². The lowest BCUT2D eigenvalue weighted by atomic mass is 9.53. The van der Waals surface area contributed by atoms with Gasteiger partial charge in [0.25, 0.3) is 0 Å². The lowest BCUT2D eigenvalue weighted by Crippen LogP contribution is -2.69. The molecule has 0 aromatic heterocycles. The largest absolute Gasteiger partial charge is 0.493 e. The second-order valence-electron chi connectivity index (χ2n) is 21.3. The van der Waals surface area contributed by atoms with Gasteiger partial charge in [0.05, 0.1) is 102 Å². The number of anilines is 2. The number of benzene rings is 2. The maximum atomic E-state index is 14.3. The van der Waals surface area contributed by atoms with E-state index in [1.165, 1.54) is 22.3 Å². The molecule has 15 heteroatoms. The van der Waals surface area contributed by atoms with Crippen molar-refractivity contribution in [3.05, 3.63) is 57.7 Å². The minimum atomic E-state index is -3.47. The number of methoxy groups -OCH3 is 4. The fraction of sp³-hybridized carbons (Fsp3) is 0.640. The molecule has 14 nitrogen and oxygen atoms in total. The third kappa shape index (κ3) is 4.92. The van der Waals surface area contributed by atoms with E-state index >= 15 is 0 Å². The molecule has 2 aromatic rings. The Labute approximate surface area is 380 Å². The zero-order chi connectivity index (χ0) is 44.1. The summed E-state index contributed by atoms with van der Waals surface area (Å²) in [5, 5.41) is 0. The number of amides is 2. The molecule has 2 saturated carbocycles. The van der Waals surface area contributed by atoms with E-state index in [1.54, 1.807) is 28.4 Å². The highest BCUT2D eigenvalue weighted by atomic mass is 32.2. The Bertz CT molecular complexity index is 2510. The molecule has 0 unspecified atom stereocenters. The number of rotatable bonds is 10. The molecule has 10 heterocycles. The lowest BCUT2D eigenvalue weighted by Gasteiger charge is -2.58. The third-order valence-electron chi connectivity index (χ3n) is 19.5. The molecule has 344 valence electrons. The Morgan fingerprint density at radius 1 is 0.631 bits per heavy atom. The topological polar surface area (TPSA) is 137 Å². The number of piperidine rings is 4. The van der Waals surface area contributed by atoms with Crippen LogP contribution in [0.25, 0.3) is 0 Å². The summed E-state index contributed by atoms with van der Waals surface area (Å²) in [7, 11) is 3.17. The first kappa shape index (κ1) is 40.0. The molecule has 65 heavy (non-hydrogen) atoms. The molecule has 14 rings (SSSR count). The predicted molar refractivity (Wildman–Crippen MR) is 239 cm³/mol. The summed E-state index contributed by atoms with van der Waals surface area (Å²) >= 11 is 0. The van der Waals surface area contributed by atoms with Crippen LogP contribution in [0.3, 0.4) is 0 Å². The first-order chi connectivity index (χ1) is 31.5. The van der Waals surface area contributed by atoms with Crippen LogP contribution in [0.5, 0.6) is 23.0 Å². The second kappa shape index (κ2) is 13.5. The second-order valence-corrected chi connectivity index (χ2v) is 23.6. The van der Waals surface area contributed by atoms with Crippen LogP contribution in [0.1, 0.15) is 62.5 Å². The van der Waals surface area contributed by atoms with Crippen LogP contribution in [0.15, 0.2) is 46.6 Å². The molecule has 2 amide bonds. The van der Waals surface area contributed by atoms with E-state index in [-0.39, 0.29) is 94.2 Å². The Balaban J connectivity index is 0.741. The van der Waals surface area contributed by atoms with Gasteiger partial charge in [0.2, 0.25) is 11.8 Å². The van der Waals surface area contributed by atoms with E-state index in [2.05, 4.69) is 31.7 Å². The summed E-state index contributed by atoms with van der Waals surface area (Å²) in [5.41, 5.74) is 8.82. The van der Waals surface area contributed by atoms with Crippen LogP contribution in [0, 0.1) is 23.7 Å². The normalized spacial score (nSPS) is 38.8. The Kier molecular flexibility index (Phi) is 8.31. The molecule has 6 saturated heterocycles. The van der Waals surface area contributed by atoms with E-state index in [1.807, 2.05) is 12.1 Å². The van der Waals surface area contributed by atoms with Crippen LogP contribution in [-0.2, 0) is 39.7 Å². The first-order valence-electron chi connectivity index (χ1n) is 24.0. The molecule has 4 bridgehead atoms. The van der Waals surface area contributed by atoms with Gasteiger partial charge >= 0.3 is 0 Å². The average molecular weight is 907 g/mol. The van der Waals surface area contributed by atoms with Crippen LogP contribution in [0.4, 0.5) is 11.4 Å². The van der Waals surface area contributed by atoms with Crippen molar-refractivity contribution in [2.24, 2.45) is 23.7 Å². The summed E-state index contributed by atoms with van der Waals surface area (Å²) in [6.45, 7) is 4.25. The standard InChI is InChI=1S/C50H58N4O10S/c1-59-35-15-31-33(17-37(35)61-3)53-43(55)19-39-45-27-13-41-49(31,47(45)53)7-9-51(41)21-29(27)25(23-63-39)5-11-65(57,58)12-6-26-24-64-40-20-44(56)54-34-18-38(62-4)36(60-2)16-32(34)50-8-10-52-22-30(26)28(14-42(50)52)46(40)48(50)54/h15-18,27-28,39-42,45-48H,5-14,19-24H2,1-4H3/t27-,28-,39-,40-,41-,42-,45-,46-,47-,48-,49+,50+/m0/s1. The van der Waals surface area contributed by atoms with Crippen molar-refractivity contribution >= 4 is 33.0 Å². The number of hydrogen-bond acceptors (Lipinski definition) is 12. The molecule has 10 aliphatic heterocycles. The van der Waals surface area contributed by atoms with Crippen LogP contribution in [-0.4, -0.2) is 146 Å². The fourth-order valence-electron chi connectivity index (χ4n) is 17.1. The van der Waals surface area contributed by atoms with Gasteiger partial charge in [-0.25, -0.2) is 8.42 Å². The molecule has 0 N–H and O–H groups in total. The van der Waals surface area contributed by atoms with Gasteiger partial charge in [-0.05, 0) is 97.9 Å². The van der Waals surface area contributed by atoms with Crippen molar-refractivity contribution in [1.82, 2.24) is 9.80 Å². The fourth-order valence-corrected chi connectivity index (χ4v) is 18.5. The number of hydrogen-bond donors (Lipinski definition) is 0. The van der Waals surface area contributed by atoms with Gasteiger partial charge in [0.1, 0.15) is 0 Å². The summed E-state index contributed by atoms with van der Waals surface area (Å²) in [6.07, 6.45) is 4.98. The minimum absolute atomic E-state index is 0.0266. The number of nitrogens with zero attached hydrogens (tertiary/aromatic N) is 4. The number of carbonyl (C=O) groups excluding carboxylic acids is 2. The highest BCUT2D eigenvalue weighted by Gasteiger charge is 2.73. The van der Waals surface area contributed by atoms with Gasteiger partial charge < -0.3 is 38.2 Å². The van der Waals surface area contributed by atoms with Crippen molar-refractivity contribution in [3.63, 3.8) is 0 Å². The highest BCUT2D eigenvalue weighted by Crippen LogP contribution is 2.69. The summed E-state index contributed by atoms with van der Waals surface area (Å²) in [6, 6.07) is 8.80. The van der Waals surface area contributed by atoms with Crippen molar-refractivity contribution < 1.29 is 46.4 Å². The van der Waals surface area contributed by atoms with E-state index in [0.717, 1.165) is 74.4 Å². The van der Waals surface area contributed by atoms with E-state index in [4.69, 9.17) is 28.4 Å². The minimum Gasteiger partial charge on any atom is -0.493 e. The highest BCUT2D eigenvalue weighted by molar-refractivity contribution is 7.91. The molecule has 8 fully saturated rings. The van der Waals surface area contributed by atoms with Gasteiger partial charge in [0.15, 0.2) is 32.8 Å². The third-order valence-corrected chi connectivity index (χ3v) is 21.2. The van der Waals surface area contributed by atoms with Gasteiger partial charge in [-0.2, -0.15) is 0 Å². The van der Waals surface area contributed by atoms with E-state index in [9.17, 15) is 18.0 Å². The van der Waals surface area contributed by atoms with Crippen LogP contribution in [0.2, 0.25) is 0 Å². The monoisotopic (exact) mass is 906 g/mol. The molecule has 2 aliphatic carbocycles. The van der Waals surface area contributed by atoms with E-state index < -0.39 is 9.84 Å². The van der Waals surface area contributed by atoms with Crippen molar-refractivity contribution in [3.8, 4) is 23.0 Å². The van der Waals surface area contributed by atoms with Gasteiger partial charge in [-0.1, -0.05) is 11.1 Å². The SMILES string of the molecule is COc1cc2c(cc1OC)[C@@]13CCN4CC5=C(CCS(=O)(=O)CCC6=C7CN8CC[C@]9%10c%11cc(OC)c(OC)cc%11N%11C(=O)C[C@H](OC6)[C@@H]([C@H]%119)[C@H]7C[C@H]8%10)CO[C@H]6CC(=O)N2[C@H]1[C@H]6[C@H]5C[C@H]43. The molecular weight excluding hydrogens is 849 g/mol. The van der Waals surface area contributed by atoms with Gasteiger partial charge in [-0.15, -0.1) is 0 Å². The Morgan fingerprint density at radius 3 is 1.46 bits per heavy atom. The molecule has 12 atom stereocenters. The van der Waals surface area contributed by atoms with Crippen LogP contribution < -0.4 is 28.7 Å². The first-order valence-corrected chi connectivity index (χ1v) is 25.9. The van der Waals surface area contributed by atoms with E-state index in [0.29, 0.717) is 61.9 Å². The van der Waals surface area contributed by atoms with Crippen LogP contribution >= 0.6 is 0 Å². The zero-order valence-corrected chi connectivity index (χ0v) is 38.5. The molecule has 2 aromatic carbocycles. The van der Waals surface area contributed by atoms with Crippen molar-refractivity contribution in [1.29, 1.82) is 0 Å². The Morgan fingerprint density at radius 2 is 1.05 bits per heavy atom. The molecule has 12 aliphatic rings. The molecule has 2 spiro atoms. The summed E-state index contributed by atoms with van der Waals surface area (Å²) in [4.78, 5) is 37.9. The lowest BCUT2D eigenvalue weighted by molar-refractivity contribution is -0.133. The van der Waals surface area contributed by atoms with Crippen molar-refractivity contribution in [2.75, 3.05) is 89.1 Å². The number of sulfone groups is 1. The quantitative estimate of drug-likeness (QED) is 0.317. The molecule has 0 radical (unpaired) electrons. The molecular formula is C50H58N4O10S. The number of ether oxygens (including phenoxy) is 6. The summed E-state index contributed by atoms with van der Waals surface area (Å²) < 4.78 is 65.4. The zero-order valence-electron chi connectivity index (χ0n) is 37.7. The maximum Gasteiger partial charge on any atom is 0.229 e. The maximum absolute atomic E-state index is 14.3. The van der Waals surface area contributed by atoms with Crippen molar-refractivity contribution in [2.45, 2.75) is 98.6 Å². The number of fused-ring (bicyclic) bond motifs is 4. The average Bonchev–Trinajstić information content (AvgIpc) is 4.01. The number of carbonyl (C=O) groups is 2. The predicted octanol–water partition coefficient (Wildman–Crippen LogP) is 4.17. The van der Waals surface area contributed by atoms with Gasteiger partial charge in [0, 0.05) is 60.0 Å². The smallest absolute Gasteiger partial charge is 0.229 e. The summed E-state index contributed by atoms with van der Waals surface area (Å²) in [5.74, 6) is 3.70. The Hall–Kier alpha value is -4.15.